The van der Waals surface area contributed by atoms with E-state index in [2.05, 4.69) is 24.3 Å². The van der Waals surface area contributed by atoms with Crippen molar-refractivity contribution in [3.05, 3.63) is 0 Å². The third-order valence-electron chi connectivity index (χ3n) is 3.20. The van der Waals surface area contributed by atoms with Crippen molar-refractivity contribution in [3.8, 4) is 0 Å². The number of nitrogens with one attached hydrogen (secondary N) is 1. The highest BCUT2D eigenvalue weighted by atomic mass is 16.3. The van der Waals surface area contributed by atoms with E-state index in [-0.39, 0.29) is 0 Å². The zero-order valence-electron chi connectivity index (χ0n) is 10.3. The van der Waals surface area contributed by atoms with Gasteiger partial charge in [-0.25, -0.2) is 0 Å². The van der Waals surface area contributed by atoms with E-state index in [0.29, 0.717) is 0 Å². The van der Waals surface area contributed by atoms with Crippen molar-refractivity contribution in [2.75, 3.05) is 33.7 Å². The van der Waals surface area contributed by atoms with Crippen LogP contribution in [0.25, 0.3) is 0 Å². The quantitative estimate of drug-likeness (QED) is 0.653. The maximum Gasteiger partial charge on any atom is 0.0771 e. The third kappa shape index (κ3) is 5.50. The van der Waals surface area contributed by atoms with Gasteiger partial charge in [0, 0.05) is 6.54 Å². The van der Waals surface area contributed by atoms with Crippen LogP contribution < -0.4 is 5.32 Å². The van der Waals surface area contributed by atoms with Gasteiger partial charge in [-0.05, 0) is 46.4 Å². The molecule has 0 bridgehead atoms. The highest BCUT2D eigenvalue weighted by Crippen LogP contribution is 2.27. The van der Waals surface area contributed by atoms with Gasteiger partial charge in [-0.1, -0.05) is 19.3 Å². The van der Waals surface area contributed by atoms with Crippen molar-refractivity contribution in [1.82, 2.24) is 10.2 Å². The van der Waals surface area contributed by atoms with Gasteiger partial charge in [0.25, 0.3) is 0 Å². The molecular weight excluding hydrogens is 188 g/mol. The minimum Gasteiger partial charge on any atom is -0.389 e. The second kappa shape index (κ2) is 6.46. The number of hydrogen-bond acceptors (Lipinski definition) is 3. The highest BCUT2D eigenvalue weighted by molar-refractivity contribution is 4.84. The molecule has 1 fully saturated rings. The summed E-state index contributed by atoms with van der Waals surface area (Å²) >= 11 is 0. The van der Waals surface area contributed by atoms with E-state index in [1.165, 1.54) is 19.3 Å². The zero-order chi connectivity index (χ0) is 11.1. The second-order valence-electron chi connectivity index (χ2n) is 5.12. The molecule has 0 aromatic carbocycles. The lowest BCUT2D eigenvalue weighted by molar-refractivity contribution is 0.00500. The fraction of sp³-hybridized carbons (Fsp3) is 1.00. The van der Waals surface area contributed by atoms with E-state index < -0.39 is 5.60 Å². The summed E-state index contributed by atoms with van der Waals surface area (Å²) in [6, 6.07) is 0. The normalized spacial score (nSPS) is 20.8. The molecule has 1 aliphatic rings. The van der Waals surface area contributed by atoms with Crippen molar-refractivity contribution in [2.45, 2.75) is 44.1 Å². The molecule has 1 aliphatic carbocycles. The van der Waals surface area contributed by atoms with Crippen LogP contribution in [0, 0.1) is 0 Å². The Balaban J connectivity index is 2.03. The zero-order valence-corrected chi connectivity index (χ0v) is 10.3. The molecule has 1 saturated carbocycles. The van der Waals surface area contributed by atoms with E-state index >= 15 is 0 Å². The number of rotatable bonds is 6. The summed E-state index contributed by atoms with van der Waals surface area (Å²) in [7, 11) is 4.18. The van der Waals surface area contributed by atoms with E-state index in [0.717, 1.165) is 38.9 Å². The Morgan fingerprint density at radius 1 is 1.20 bits per heavy atom. The summed E-state index contributed by atoms with van der Waals surface area (Å²) in [4.78, 5) is 2.19. The van der Waals surface area contributed by atoms with Crippen LogP contribution in [-0.4, -0.2) is 49.3 Å². The fourth-order valence-electron chi connectivity index (χ4n) is 2.23. The molecule has 90 valence electrons. The standard InChI is InChI=1S/C12H26N2O/c1-14(2)10-6-9-13-11-12(15)7-4-3-5-8-12/h13,15H,3-11H2,1-2H3. The SMILES string of the molecule is CN(C)CCCNCC1(O)CCCCC1. The lowest BCUT2D eigenvalue weighted by atomic mass is 9.85. The number of hydrogen-bond donors (Lipinski definition) is 2. The summed E-state index contributed by atoms with van der Waals surface area (Å²) in [5.74, 6) is 0. The summed E-state index contributed by atoms with van der Waals surface area (Å²) in [5.41, 5.74) is -0.406. The Bertz CT molecular complexity index is 165. The largest absolute Gasteiger partial charge is 0.389 e. The first kappa shape index (κ1) is 12.9. The van der Waals surface area contributed by atoms with Gasteiger partial charge in [0.2, 0.25) is 0 Å². The van der Waals surface area contributed by atoms with Crippen LogP contribution in [0.1, 0.15) is 38.5 Å². The lowest BCUT2D eigenvalue weighted by Gasteiger charge is -2.32. The molecule has 0 saturated heterocycles. The summed E-state index contributed by atoms with van der Waals surface area (Å²) in [6.07, 6.45) is 6.79. The first-order valence-corrected chi connectivity index (χ1v) is 6.20. The van der Waals surface area contributed by atoms with Gasteiger partial charge in [0.15, 0.2) is 0 Å². The minimum atomic E-state index is -0.406. The van der Waals surface area contributed by atoms with Crippen LogP contribution in [0.4, 0.5) is 0 Å². The van der Waals surface area contributed by atoms with Crippen LogP contribution in [0.3, 0.4) is 0 Å². The van der Waals surface area contributed by atoms with E-state index in [1.54, 1.807) is 0 Å². The van der Waals surface area contributed by atoms with Gasteiger partial charge in [-0.3, -0.25) is 0 Å². The number of nitrogens with zero attached hydrogens (tertiary/aromatic N) is 1. The molecule has 3 heteroatoms. The monoisotopic (exact) mass is 214 g/mol. The first-order chi connectivity index (χ1) is 7.12. The molecule has 1 rings (SSSR count). The Labute approximate surface area is 93.9 Å². The van der Waals surface area contributed by atoms with Gasteiger partial charge in [-0.15, -0.1) is 0 Å². The van der Waals surface area contributed by atoms with Gasteiger partial charge in [-0.2, -0.15) is 0 Å². The van der Waals surface area contributed by atoms with Gasteiger partial charge >= 0.3 is 0 Å². The minimum absolute atomic E-state index is 0.406. The van der Waals surface area contributed by atoms with Crippen LogP contribution in [-0.2, 0) is 0 Å². The second-order valence-corrected chi connectivity index (χ2v) is 5.12. The molecule has 0 aliphatic heterocycles. The van der Waals surface area contributed by atoms with Crippen molar-refractivity contribution in [1.29, 1.82) is 0 Å². The summed E-state index contributed by atoms with van der Waals surface area (Å²) in [6.45, 7) is 2.91. The molecule has 2 N–H and O–H groups in total. The lowest BCUT2D eigenvalue weighted by Crippen LogP contribution is -2.42. The van der Waals surface area contributed by atoms with Gasteiger partial charge < -0.3 is 15.3 Å². The van der Waals surface area contributed by atoms with E-state index in [1.807, 2.05) is 0 Å². The fourth-order valence-corrected chi connectivity index (χ4v) is 2.23. The maximum atomic E-state index is 10.2. The van der Waals surface area contributed by atoms with Crippen LogP contribution in [0.2, 0.25) is 0 Å². The molecule has 0 heterocycles. The van der Waals surface area contributed by atoms with E-state index in [9.17, 15) is 5.11 Å². The Hall–Kier alpha value is -0.120. The highest BCUT2D eigenvalue weighted by Gasteiger charge is 2.28. The predicted molar refractivity (Wildman–Crippen MR) is 64.1 cm³/mol. The van der Waals surface area contributed by atoms with Crippen molar-refractivity contribution in [3.63, 3.8) is 0 Å². The molecule has 0 atom stereocenters. The molecule has 0 radical (unpaired) electrons. The Morgan fingerprint density at radius 2 is 1.87 bits per heavy atom. The Kier molecular flexibility index (Phi) is 5.58. The van der Waals surface area contributed by atoms with Gasteiger partial charge in [0.1, 0.15) is 0 Å². The van der Waals surface area contributed by atoms with Crippen molar-refractivity contribution < 1.29 is 5.11 Å². The van der Waals surface area contributed by atoms with Crippen molar-refractivity contribution >= 4 is 0 Å². The third-order valence-corrected chi connectivity index (χ3v) is 3.20. The smallest absolute Gasteiger partial charge is 0.0771 e. The van der Waals surface area contributed by atoms with Crippen molar-refractivity contribution in [2.24, 2.45) is 0 Å². The molecule has 0 aromatic rings. The Morgan fingerprint density at radius 3 is 2.47 bits per heavy atom. The molecule has 0 unspecified atom stereocenters. The average Bonchev–Trinajstić information content (AvgIpc) is 2.17. The van der Waals surface area contributed by atoms with Gasteiger partial charge in [0.05, 0.1) is 5.60 Å². The molecule has 3 nitrogen and oxygen atoms in total. The molecule has 0 aromatic heterocycles. The van der Waals surface area contributed by atoms with Crippen LogP contribution in [0.15, 0.2) is 0 Å². The van der Waals surface area contributed by atoms with Crippen LogP contribution >= 0.6 is 0 Å². The van der Waals surface area contributed by atoms with Crippen LogP contribution in [0.5, 0.6) is 0 Å². The maximum absolute atomic E-state index is 10.2. The summed E-state index contributed by atoms with van der Waals surface area (Å²) < 4.78 is 0. The first-order valence-electron chi connectivity index (χ1n) is 6.20. The predicted octanol–water partition coefficient (Wildman–Crippen LogP) is 1.22. The topological polar surface area (TPSA) is 35.5 Å². The number of aliphatic hydroxyl groups is 1. The average molecular weight is 214 g/mol. The molecular formula is C12H26N2O. The molecule has 0 amide bonds. The summed E-state index contributed by atoms with van der Waals surface area (Å²) in [5, 5.41) is 13.6. The molecule has 15 heavy (non-hydrogen) atoms. The van der Waals surface area contributed by atoms with E-state index in [4.69, 9.17) is 0 Å². The molecule has 0 spiro atoms.